The van der Waals surface area contributed by atoms with Crippen LogP contribution in [0.2, 0.25) is 0 Å². The summed E-state index contributed by atoms with van der Waals surface area (Å²) >= 11 is 5.24. The van der Waals surface area contributed by atoms with Crippen molar-refractivity contribution in [1.82, 2.24) is 0 Å². The Morgan fingerprint density at radius 3 is 2.76 bits per heavy atom. The molecule has 1 N–H and O–H groups in total. The fourth-order valence-electron chi connectivity index (χ4n) is 2.16. The molecule has 0 spiro atoms. The van der Waals surface area contributed by atoms with Crippen LogP contribution in [-0.4, -0.2) is 18.0 Å². The number of methoxy groups -OCH3 is 1. The monoisotopic (exact) mass is 362 g/mol. The average Bonchev–Trinajstić information content (AvgIpc) is 2.97. The molecule has 0 saturated carbocycles. The molecule has 2 aromatic carbocycles. The van der Waals surface area contributed by atoms with Crippen molar-refractivity contribution in [3.8, 4) is 5.75 Å². The van der Waals surface area contributed by atoms with Crippen LogP contribution in [0.15, 0.2) is 58.0 Å². The SMILES string of the molecule is COc1ccc(NC2=NC(c3ccccc3)CS2)cc1Br. The van der Waals surface area contributed by atoms with Gasteiger partial charge >= 0.3 is 0 Å². The molecule has 1 aliphatic heterocycles. The number of thioether (sulfide) groups is 1. The minimum absolute atomic E-state index is 0.236. The molecule has 21 heavy (non-hydrogen) atoms. The highest BCUT2D eigenvalue weighted by Gasteiger charge is 2.19. The van der Waals surface area contributed by atoms with Crippen LogP contribution < -0.4 is 10.1 Å². The van der Waals surface area contributed by atoms with Crippen LogP contribution in [0.5, 0.6) is 5.75 Å². The number of nitrogens with zero attached hydrogens (tertiary/aromatic N) is 1. The van der Waals surface area contributed by atoms with Crippen molar-refractivity contribution >= 4 is 38.5 Å². The van der Waals surface area contributed by atoms with Gasteiger partial charge in [0.05, 0.1) is 17.6 Å². The summed E-state index contributed by atoms with van der Waals surface area (Å²) in [6, 6.07) is 16.6. The van der Waals surface area contributed by atoms with Gasteiger partial charge in [-0.25, -0.2) is 0 Å². The number of anilines is 1. The first-order valence-corrected chi connectivity index (χ1v) is 8.40. The molecule has 0 amide bonds. The Kier molecular flexibility index (Phi) is 4.51. The molecule has 0 saturated heterocycles. The van der Waals surface area contributed by atoms with Crippen LogP contribution >= 0.6 is 27.7 Å². The number of benzene rings is 2. The van der Waals surface area contributed by atoms with E-state index in [1.165, 1.54) is 5.56 Å². The van der Waals surface area contributed by atoms with Crippen LogP contribution in [0.3, 0.4) is 0 Å². The molecule has 1 heterocycles. The van der Waals surface area contributed by atoms with E-state index in [9.17, 15) is 0 Å². The third kappa shape index (κ3) is 3.41. The van der Waals surface area contributed by atoms with Gasteiger partial charge in [-0.2, -0.15) is 0 Å². The maximum absolute atomic E-state index is 5.23. The fraction of sp³-hybridized carbons (Fsp3) is 0.188. The predicted molar refractivity (Wildman–Crippen MR) is 93.4 cm³/mol. The number of amidine groups is 1. The van der Waals surface area contributed by atoms with Gasteiger partial charge in [0.2, 0.25) is 0 Å². The molecule has 1 unspecified atom stereocenters. The summed E-state index contributed by atoms with van der Waals surface area (Å²) in [5.74, 6) is 1.80. The minimum atomic E-state index is 0.236. The van der Waals surface area contributed by atoms with E-state index in [2.05, 4.69) is 45.5 Å². The minimum Gasteiger partial charge on any atom is -0.496 e. The second-order valence-electron chi connectivity index (χ2n) is 4.65. The third-order valence-electron chi connectivity index (χ3n) is 3.24. The fourth-order valence-corrected chi connectivity index (χ4v) is 3.67. The number of ether oxygens (including phenoxy) is 1. The third-order valence-corrected chi connectivity index (χ3v) is 4.82. The molecule has 2 aromatic rings. The van der Waals surface area contributed by atoms with E-state index in [1.807, 2.05) is 24.3 Å². The van der Waals surface area contributed by atoms with Crippen molar-refractivity contribution in [2.24, 2.45) is 4.99 Å². The highest BCUT2D eigenvalue weighted by molar-refractivity contribution is 9.10. The molecule has 0 fully saturated rings. The second kappa shape index (κ2) is 6.54. The summed E-state index contributed by atoms with van der Waals surface area (Å²) in [6.45, 7) is 0. The molecule has 108 valence electrons. The van der Waals surface area contributed by atoms with Crippen LogP contribution in [0.25, 0.3) is 0 Å². The van der Waals surface area contributed by atoms with Crippen LogP contribution in [0.4, 0.5) is 5.69 Å². The lowest BCUT2D eigenvalue weighted by Crippen LogP contribution is -2.04. The number of nitrogens with one attached hydrogen (secondary N) is 1. The Labute approximate surface area is 136 Å². The quantitative estimate of drug-likeness (QED) is 0.857. The van der Waals surface area contributed by atoms with Gasteiger partial charge in [0.1, 0.15) is 5.75 Å². The van der Waals surface area contributed by atoms with Gasteiger partial charge in [0.15, 0.2) is 5.17 Å². The van der Waals surface area contributed by atoms with Gasteiger partial charge in [-0.3, -0.25) is 4.99 Å². The van der Waals surface area contributed by atoms with Gasteiger partial charge in [0.25, 0.3) is 0 Å². The van der Waals surface area contributed by atoms with Gasteiger partial charge < -0.3 is 10.1 Å². The Morgan fingerprint density at radius 1 is 1.24 bits per heavy atom. The number of rotatable bonds is 3. The summed E-state index contributed by atoms with van der Waals surface area (Å²) in [7, 11) is 1.66. The molecule has 0 aromatic heterocycles. The van der Waals surface area contributed by atoms with E-state index in [4.69, 9.17) is 9.73 Å². The summed E-state index contributed by atoms with van der Waals surface area (Å²) < 4.78 is 6.16. The molecule has 1 aliphatic rings. The Hall–Kier alpha value is -1.46. The average molecular weight is 363 g/mol. The summed E-state index contributed by atoms with van der Waals surface area (Å²) in [5, 5.41) is 4.32. The summed E-state index contributed by atoms with van der Waals surface area (Å²) in [6.07, 6.45) is 0. The lowest BCUT2D eigenvalue weighted by molar-refractivity contribution is 0.412. The topological polar surface area (TPSA) is 33.6 Å². The maximum atomic E-state index is 5.23. The van der Waals surface area contributed by atoms with Crippen LogP contribution in [0.1, 0.15) is 11.6 Å². The van der Waals surface area contributed by atoms with E-state index >= 15 is 0 Å². The van der Waals surface area contributed by atoms with Gasteiger partial charge in [-0.1, -0.05) is 42.1 Å². The van der Waals surface area contributed by atoms with Crippen molar-refractivity contribution in [3.05, 3.63) is 58.6 Å². The molecular weight excluding hydrogens is 348 g/mol. The molecule has 1 atom stereocenters. The van der Waals surface area contributed by atoms with Crippen molar-refractivity contribution in [2.75, 3.05) is 18.2 Å². The van der Waals surface area contributed by atoms with Crippen molar-refractivity contribution in [2.45, 2.75) is 6.04 Å². The zero-order valence-corrected chi connectivity index (χ0v) is 13.9. The molecule has 0 radical (unpaired) electrons. The number of hydrogen-bond donors (Lipinski definition) is 1. The van der Waals surface area contributed by atoms with Crippen LogP contribution in [-0.2, 0) is 0 Å². The van der Waals surface area contributed by atoms with Crippen molar-refractivity contribution in [3.63, 3.8) is 0 Å². The highest BCUT2D eigenvalue weighted by Crippen LogP contribution is 2.32. The zero-order chi connectivity index (χ0) is 14.7. The maximum Gasteiger partial charge on any atom is 0.161 e. The van der Waals surface area contributed by atoms with Crippen molar-refractivity contribution < 1.29 is 4.74 Å². The lowest BCUT2D eigenvalue weighted by atomic mass is 10.1. The largest absolute Gasteiger partial charge is 0.496 e. The van der Waals surface area contributed by atoms with Gasteiger partial charge in [0, 0.05) is 11.4 Å². The highest BCUT2D eigenvalue weighted by atomic mass is 79.9. The zero-order valence-electron chi connectivity index (χ0n) is 11.5. The van der Waals surface area contributed by atoms with Gasteiger partial charge in [-0.15, -0.1) is 0 Å². The summed E-state index contributed by atoms with van der Waals surface area (Å²) in [5.41, 5.74) is 2.26. The molecule has 3 rings (SSSR count). The van der Waals surface area contributed by atoms with Crippen LogP contribution in [0, 0.1) is 0 Å². The molecule has 5 heteroatoms. The Morgan fingerprint density at radius 2 is 2.05 bits per heavy atom. The Bertz CT molecular complexity index is 661. The van der Waals surface area contributed by atoms with E-state index in [1.54, 1.807) is 18.9 Å². The second-order valence-corrected chi connectivity index (χ2v) is 6.51. The molecule has 0 aliphatic carbocycles. The first-order chi connectivity index (χ1) is 10.3. The number of aliphatic imine (C=N–C) groups is 1. The Balaban J connectivity index is 1.73. The predicted octanol–water partition coefficient (Wildman–Crippen LogP) is 4.71. The lowest BCUT2D eigenvalue weighted by Gasteiger charge is -2.08. The standard InChI is InChI=1S/C16H15BrN2OS/c1-20-15-8-7-12(9-13(15)17)18-16-19-14(10-21-16)11-5-3-2-4-6-11/h2-9,14H,10H2,1H3,(H,18,19). The van der Waals surface area contributed by atoms with E-state index < -0.39 is 0 Å². The number of hydrogen-bond acceptors (Lipinski definition) is 4. The van der Waals surface area contributed by atoms with E-state index in [0.29, 0.717) is 0 Å². The van der Waals surface area contributed by atoms with Crippen molar-refractivity contribution in [1.29, 1.82) is 0 Å². The molecule has 0 bridgehead atoms. The first kappa shape index (κ1) is 14.5. The van der Waals surface area contributed by atoms with E-state index in [-0.39, 0.29) is 6.04 Å². The summed E-state index contributed by atoms with van der Waals surface area (Å²) in [4.78, 5) is 4.75. The molecular formula is C16H15BrN2OS. The number of halogens is 1. The first-order valence-electron chi connectivity index (χ1n) is 6.62. The van der Waals surface area contributed by atoms with Gasteiger partial charge in [-0.05, 0) is 39.7 Å². The van der Waals surface area contributed by atoms with E-state index in [0.717, 1.165) is 26.8 Å². The smallest absolute Gasteiger partial charge is 0.161 e. The molecule has 3 nitrogen and oxygen atoms in total. The normalized spacial score (nSPS) is 17.4.